The van der Waals surface area contributed by atoms with Gasteiger partial charge in [0.25, 0.3) is 0 Å². The lowest BCUT2D eigenvalue weighted by atomic mass is 10.3. The summed E-state index contributed by atoms with van der Waals surface area (Å²) in [5.41, 5.74) is 0. The van der Waals surface area contributed by atoms with E-state index < -0.39 is 5.82 Å². The summed E-state index contributed by atoms with van der Waals surface area (Å²) >= 11 is 1.46. The number of phenols is 1. The highest BCUT2D eigenvalue weighted by Gasteiger charge is 1.98. The third kappa shape index (κ3) is 1.42. The fraction of sp³-hybridized carbons (Fsp3) is 0.143. The first-order valence-electron chi connectivity index (χ1n) is 2.76. The van der Waals surface area contributed by atoms with Crippen molar-refractivity contribution in [3.05, 3.63) is 24.0 Å². The Morgan fingerprint density at radius 3 is 2.70 bits per heavy atom. The van der Waals surface area contributed by atoms with Crippen LogP contribution in [0.25, 0.3) is 0 Å². The summed E-state index contributed by atoms with van der Waals surface area (Å²) < 4.78 is 12.4. The summed E-state index contributed by atoms with van der Waals surface area (Å²) in [4.78, 5) is 0.860. The summed E-state index contributed by atoms with van der Waals surface area (Å²) in [5, 5.41) is 8.84. The first-order valence-corrected chi connectivity index (χ1v) is 3.99. The van der Waals surface area contributed by atoms with E-state index in [0.717, 1.165) is 4.90 Å². The van der Waals surface area contributed by atoms with Crippen LogP contribution < -0.4 is 0 Å². The molecular formula is C7H7FOS. The van der Waals surface area contributed by atoms with E-state index in [1.165, 1.54) is 23.9 Å². The van der Waals surface area contributed by atoms with Gasteiger partial charge in [0.15, 0.2) is 11.6 Å². The Morgan fingerprint density at radius 2 is 2.20 bits per heavy atom. The van der Waals surface area contributed by atoms with Crippen LogP contribution in [0.5, 0.6) is 5.75 Å². The van der Waals surface area contributed by atoms with Crippen molar-refractivity contribution in [2.45, 2.75) is 4.90 Å². The number of thioether (sulfide) groups is 1. The molecule has 1 aromatic rings. The highest BCUT2D eigenvalue weighted by molar-refractivity contribution is 7.98. The third-order valence-electron chi connectivity index (χ3n) is 1.15. The van der Waals surface area contributed by atoms with Crippen molar-refractivity contribution in [2.75, 3.05) is 6.26 Å². The smallest absolute Gasteiger partial charge is 0.164 e. The maximum Gasteiger partial charge on any atom is 0.164 e. The number of halogens is 1. The molecule has 0 spiro atoms. The number of aromatic hydroxyl groups is 1. The van der Waals surface area contributed by atoms with Gasteiger partial charge in [-0.1, -0.05) is 0 Å². The lowest BCUT2D eigenvalue weighted by Crippen LogP contribution is -1.75. The Balaban J connectivity index is 3.04. The summed E-state index contributed by atoms with van der Waals surface area (Å²) in [7, 11) is 0. The number of rotatable bonds is 1. The Hall–Kier alpha value is -0.700. The first kappa shape index (κ1) is 7.41. The molecule has 1 aromatic carbocycles. The molecule has 0 aliphatic rings. The lowest BCUT2D eigenvalue weighted by Gasteiger charge is -1.96. The van der Waals surface area contributed by atoms with Crippen LogP contribution in [-0.4, -0.2) is 11.4 Å². The Morgan fingerprint density at radius 1 is 1.50 bits per heavy atom. The van der Waals surface area contributed by atoms with Crippen molar-refractivity contribution in [3.63, 3.8) is 0 Å². The Bertz CT molecular complexity index is 237. The average molecular weight is 158 g/mol. The molecule has 0 bridgehead atoms. The topological polar surface area (TPSA) is 20.2 Å². The van der Waals surface area contributed by atoms with E-state index in [-0.39, 0.29) is 5.75 Å². The van der Waals surface area contributed by atoms with Gasteiger partial charge in [-0.3, -0.25) is 0 Å². The summed E-state index contributed by atoms with van der Waals surface area (Å²) in [6, 6.07) is 4.28. The maximum absolute atomic E-state index is 12.4. The molecule has 0 aromatic heterocycles. The number of phenolic OH excluding ortho intramolecular Hbond substituents is 1. The summed E-state index contributed by atoms with van der Waals surface area (Å²) in [6.07, 6.45) is 1.87. The second kappa shape index (κ2) is 2.92. The zero-order valence-electron chi connectivity index (χ0n) is 5.47. The van der Waals surface area contributed by atoms with Gasteiger partial charge in [0, 0.05) is 4.90 Å². The fourth-order valence-electron chi connectivity index (χ4n) is 0.619. The molecule has 1 N–H and O–H groups in total. The van der Waals surface area contributed by atoms with Crippen molar-refractivity contribution >= 4 is 11.8 Å². The van der Waals surface area contributed by atoms with Crippen LogP contribution >= 0.6 is 11.8 Å². The molecule has 1 rings (SSSR count). The van der Waals surface area contributed by atoms with Crippen molar-refractivity contribution < 1.29 is 9.50 Å². The van der Waals surface area contributed by atoms with Gasteiger partial charge in [-0.15, -0.1) is 11.8 Å². The molecular weight excluding hydrogens is 151 g/mol. The molecule has 0 saturated heterocycles. The predicted octanol–water partition coefficient (Wildman–Crippen LogP) is 2.25. The average Bonchev–Trinajstić information content (AvgIpc) is 1.95. The number of hydrogen-bond acceptors (Lipinski definition) is 2. The molecule has 54 valence electrons. The first-order chi connectivity index (χ1) is 4.74. The van der Waals surface area contributed by atoms with Crippen molar-refractivity contribution in [3.8, 4) is 5.75 Å². The van der Waals surface area contributed by atoms with E-state index >= 15 is 0 Å². The molecule has 0 aliphatic carbocycles. The summed E-state index contributed by atoms with van der Waals surface area (Å²) in [6.45, 7) is 0. The van der Waals surface area contributed by atoms with Crippen molar-refractivity contribution in [2.24, 2.45) is 0 Å². The van der Waals surface area contributed by atoms with Crippen LogP contribution in [0.3, 0.4) is 0 Å². The molecule has 0 fully saturated rings. The van der Waals surface area contributed by atoms with Gasteiger partial charge in [-0.25, -0.2) is 4.39 Å². The minimum absolute atomic E-state index is 0.285. The molecule has 1 nitrogen and oxygen atoms in total. The highest BCUT2D eigenvalue weighted by atomic mass is 32.2. The van der Waals surface area contributed by atoms with Crippen LogP contribution in [-0.2, 0) is 0 Å². The number of benzene rings is 1. The molecule has 0 aliphatic heterocycles. The van der Waals surface area contributed by atoms with Crippen LogP contribution in [0.2, 0.25) is 0 Å². The normalized spacial score (nSPS) is 9.80. The van der Waals surface area contributed by atoms with Gasteiger partial charge >= 0.3 is 0 Å². The quantitative estimate of drug-likeness (QED) is 0.632. The summed E-state index contributed by atoms with van der Waals surface area (Å²) in [5.74, 6) is -0.857. The van der Waals surface area contributed by atoms with Gasteiger partial charge in [0.1, 0.15) is 0 Å². The third-order valence-corrected chi connectivity index (χ3v) is 1.88. The van der Waals surface area contributed by atoms with E-state index in [1.54, 1.807) is 6.07 Å². The van der Waals surface area contributed by atoms with E-state index in [0.29, 0.717) is 0 Å². The van der Waals surface area contributed by atoms with Crippen LogP contribution in [0.4, 0.5) is 4.39 Å². The Kier molecular flexibility index (Phi) is 2.17. The molecule has 0 saturated carbocycles. The lowest BCUT2D eigenvalue weighted by molar-refractivity contribution is 0.431. The van der Waals surface area contributed by atoms with Crippen LogP contribution in [0.1, 0.15) is 0 Å². The molecule has 0 atom stereocenters. The van der Waals surface area contributed by atoms with E-state index in [2.05, 4.69) is 0 Å². The van der Waals surface area contributed by atoms with Gasteiger partial charge in [-0.2, -0.15) is 0 Å². The van der Waals surface area contributed by atoms with Gasteiger partial charge in [0.05, 0.1) is 0 Å². The van der Waals surface area contributed by atoms with Gasteiger partial charge in [-0.05, 0) is 24.5 Å². The molecule has 10 heavy (non-hydrogen) atoms. The largest absolute Gasteiger partial charge is 0.505 e. The predicted molar refractivity (Wildman–Crippen MR) is 39.8 cm³/mol. The molecule has 0 amide bonds. The Labute approximate surface area is 62.9 Å². The van der Waals surface area contributed by atoms with E-state index in [9.17, 15) is 4.39 Å². The molecule has 0 heterocycles. The van der Waals surface area contributed by atoms with Gasteiger partial charge in [0.2, 0.25) is 0 Å². The van der Waals surface area contributed by atoms with E-state index in [1.807, 2.05) is 6.26 Å². The fourth-order valence-corrected chi connectivity index (χ4v) is 1.05. The van der Waals surface area contributed by atoms with Crippen LogP contribution in [0.15, 0.2) is 23.1 Å². The maximum atomic E-state index is 12.4. The van der Waals surface area contributed by atoms with E-state index in [4.69, 9.17) is 5.11 Å². The minimum atomic E-state index is -0.571. The second-order valence-electron chi connectivity index (χ2n) is 1.82. The monoisotopic (exact) mass is 158 g/mol. The number of hydrogen-bond donors (Lipinski definition) is 1. The van der Waals surface area contributed by atoms with Crippen LogP contribution in [0, 0.1) is 5.82 Å². The second-order valence-corrected chi connectivity index (χ2v) is 2.70. The molecule has 3 heteroatoms. The zero-order valence-corrected chi connectivity index (χ0v) is 6.28. The zero-order chi connectivity index (χ0) is 7.56. The van der Waals surface area contributed by atoms with Crippen molar-refractivity contribution in [1.82, 2.24) is 0 Å². The minimum Gasteiger partial charge on any atom is -0.505 e. The van der Waals surface area contributed by atoms with Crippen molar-refractivity contribution in [1.29, 1.82) is 0 Å². The van der Waals surface area contributed by atoms with Gasteiger partial charge < -0.3 is 5.11 Å². The molecule has 0 radical (unpaired) electrons. The highest BCUT2D eigenvalue weighted by Crippen LogP contribution is 2.22. The standard InChI is InChI=1S/C7H7FOS/c1-10-5-2-3-6(8)7(9)4-5/h2-4,9H,1H3. The molecule has 0 unspecified atom stereocenters. The SMILES string of the molecule is CSc1ccc(F)c(O)c1.